The molecule has 0 spiro atoms. The Morgan fingerprint density at radius 1 is 0.571 bits per heavy atom. The monoisotopic (exact) mass is 1250 g/mol. The van der Waals surface area contributed by atoms with Crippen LogP contribution in [0.25, 0.3) is 0 Å². The average molecular weight is 1250 g/mol. The van der Waals surface area contributed by atoms with Crippen molar-refractivity contribution in [3.8, 4) is 0 Å². The highest BCUT2D eigenvalue weighted by atomic mass is 35.5. The van der Waals surface area contributed by atoms with E-state index in [-0.39, 0.29) is 67.3 Å². The lowest BCUT2D eigenvalue weighted by Crippen LogP contribution is -2.35. The molecule has 77 heavy (non-hydrogen) atoms. The molecule has 2 fully saturated rings. The standard InChI is InChI=1S/C25H26Cl2N4O6S3.C23H21Cl2N3O6S3/c1-30(37-2)25(32)20-15-24(29-39(33,34)23-11-6-17(26)14-21(23)27)28-16-22(20)38-18-7-9-19(10-8-18)40(35,36)31-12-4-3-5-13-31;24-15-4-9-21(19(25)12-15)36(31,32)27-22-13-18(23(29)30)20(14-26-22)35-16-5-7-17(8-6-16)37(33,34)28-10-2-1-3-11-28/h6-11,14-16H,3-5,12-13H2,1-2H3,(H,28,29);4-9,12-14H,1-3,10-11H2,(H,26,27)(H,29,30). The Kier molecular flexibility index (Phi) is 19.9. The predicted octanol–water partition coefficient (Wildman–Crippen LogP) is 10.4. The zero-order valence-electron chi connectivity index (χ0n) is 40.6. The van der Waals surface area contributed by atoms with Crippen LogP contribution in [0.3, 0.4) is 0 Å². The number of carboxylic acids is 1. The number of sulfonamides is 4. The van der Waals surface area contributed by atoms with E-state index in [9.17, 15) is 48.4 Å². The Morgan fingerprint density at radius 2 is 0.948 bits per heavy atom. The summed E-state index contributed by atoms with van der Waals surface area (Å²) in [5, 5.41) is 11.1. The molecule has 0 atom stereocenters. The number of hydrogen-bond acceptors (Lipinski definition) is 15. The second kappa shape index (κ2) is 25.6. The number of nitrogens with zero attached hydrogens (tertiary/aromatic N) is 5. The quantitative estimate of drug-likeness (QED) is 0.0717. The van der Waals surface area contributed by atoms with Crippen molar-refractivity contribution >= 4 is 134 Å². The topological polar surface area (TPSA) is 260 Å². The van der Waals surface area contributed by atoms with Crippen molar-refractivity contribution < 1.29 is 53.2 Å². The number of pyridine rings is 2. The van der Waals surface area contributed by atoms with E-state index in [1.54, 1.807) is 24.3 Å². The summed E-state index contributed by atoms with van der Waals surface area (Å²) in [5.41, 5.74) is -0.0841. The van der Waals surface area contributed by atoms with E-state index in [1.807, 2.05) is 0 Å². The minimum absolute atomic E-state index is 0.0756. The van der Waals surface area contributed by atoms with Crippen molar-refractivity contribution in [3.63, 3.8) is 0 Å². The number of aromatic carboxylic acids is 1. The number of aromatic nitrogens is 2. The average Bonchev–Trinajstić information content (AvgIpc) is 3.40. The maximum absolute atomic E-state index is 13.1. The molecule has 410 valence electrons. The number of rotatable bonds is 17. The van der Waals surface area contributed by atoms with Crippen LogP contribution in [0.15, 0.2) is 149 Å². The summed E-state index contributed by atoms with van der Waals surface area (Å²) in [4.78, 5) is 40.1. The summed E-state index contributed by atoms with van der Waals surface area (Å²) >= 11 is 26.0. The zero-order chi connectivity index (χ0) is 55.9. The van der Waals surface area contributed by atoms with Gasteiger partial charge in [-0.2, -0.15) is 8.61 Å². The number of hydrogen-bond donors (Lipinski definition) is 3. The highest BCUT2D eigenvalue weighted by Crippen LogP contribution is 2.36. The number of nitrogens with one attached hydrogen (secondary N) is 2. The normalized spacial score (nSPS) is 14.7. The molecule has 4 heterocycles. The van der Waals surface area contributed by atoms with Gasteiger partial charge in [-0.25, -0.2) is 53.5 Å². The Morgan fingerprint density at radius 3 is 1.31 bits per heavy atom. The third-order valence-electron chi connectivity index (χ3n) is 11.6. The molecule has 0 aliphatic carbocycles. The van der Waals surface area contributed by atoms with Crippen LogP contribution in [0.2, 0.25) is 20.1 Å². The highest BCUT2D eigenvalue weighted by molar-refractivity contribution is 7.99. The van der Waals surface area contributed by atoms with E-state index in [0.29, 0.717) is 40.9 Å². The summed E-state index contributed by atoms with van der Waals surface area (Å²) in [5.74, 6) is -2.18. The smallest absolute Gasteiger partial charge is 0.337 e. The lowest BCUT2D eigenvalue weighted by molar-refractivity contribution is -0.0759. The van der Waals surface area contributed by atoms with Gasteiger partial charge < -0.3 is 5.11 Å². The number of anilines is 2. The molecule has 0 saturated carbocycles. The molecule has 2 aliphatic heterocycles. The molecule has 3 N–H and O–H groups in total. The Hall–Kier alpha value is -4.74. The Balaban J connectivity index is 0.000000224. The molecule has 4 aromatic carbocycles. The van der Waals surface area contributed by atoms with Gasteiger partial charge in [0, 0.05) is 75.2 Å². The fourth-order valence-corrected chi connectivity index (χ4v) is 16.0. The molecular formula is C48H47Cl4N7O12S6. The van der Waals surface area contributed by atoms with Crippen LogP contribution in [0.1, 0.15) is 59.2 Å². The lowest BCUT2D eigenvalue weighted by atomic mass is 10.2. The van der Waals surface area contributed by atoms with Gasteiger partial charge in [0.15, 0.2) is 0 Å². The molecule has 0 radical (unpaired) electrons. The highest BCUT2D eigenvalue weighted by Gasteiger charge is 2.29. The number of benzene rings is 4. The molecule has 8 rings (SSSR count). The maximum atomic E-state index is 13.1. The Bertz CT molecular complexity index is 3630. The van der Waals surface area contributed by atoms with Crippen molar-refractivity contribution in [2.45, 2.75) is 77.7 Å². The molecule has 1 amide bonds. The maximum Gasteiger partial charge on any atom is 0.337 e. The summed E-state index contributed by atoms with van der Waals surface area (Å²) in [7, 11) is -12.8. The second-order valence-electron chi connectivity index (χ2n) is 16.9. The molecule has 19 nitrogen and oxygen atoms in total. The van der Waals surface area contributed by atoms with Crippen LogP contribution in [0.5, 0.6) is 0 Å². The number of halogens is 4. The molecule has 0 unspecified atom stereocenters. The summed E-state index contributed by atoms with van der Waals surface area (Å²) in [6.07, 6.45) is 7.95. The van der Waals surface area contributed by atoms with Gasteiger partial charge >= 0.3 is 5.97 Å². The third-order valence-corrected chi connectivity index (χ3v) is 21.7. The van der Waals surface area contributed by atoms with Crippen molar-refractivity contribution in [2.75, 3.05) is 49.8 Å². The molecule has 2 aromatic heterocycles. The number of amides is 1. The molecule has 2 aliphatic rings. The SMILES string of the molecule is CON(C)C(=O)c1cc(NS(=O)(=O)c2ccc(Cl)cc2Cl)ncc1Sc1ccc(S(=O)(=O)N2CCCCC2)cc1.O=C(O)c1cc(NS(=O)(=O)c2ccc(Cl)cc2Cl)ncc1Sc1ccc(S(=O)(=O)N2CCCCC2)cc1. The molecule has 0 bridgehead atoms. The van der Waals surface area contributed by atoms with Crippen molar-refractivity contribution in [2.24, 2.45) is 0 Å². The van der Waals surface area contributed by atoms with Crippen molar-refractivity contribution in [3.05, 3.63) is 141 Å². The van der Waals surface area contributed by atoms with Gasteiger partial charge in [0.1, 0.15) is 21.4 Å². The number of carbonyl (C=O) groups is 2. The first-order valence-electron chi connectivity index (χ1n) is 23.0. The van der Waals surface area contributed by atoms with Crippen molar-refractivity contribution in [1.82, 2.24) is 23.6 Å². The number of hydroxylamine groups is 2. The lowest BCUT2D eigenvalue weighted by Gasteiger charge is -2.25. The minimum atomic E-state index is -4.17. The predicted molar refractivity (Wildman–Crippen MR) is 295 cm³/mol. The van der Waals surface area contributed by atoms with Gasteiger partial charge in [-0.3, -0.25) is 19.1 Å². The largest absolute Gasteiger partial charge is 0.478 e. The van der Waals surface area contributed by atoms with Crippen molar-refractivity contribution in [1.29, 1.82) is 0 Å². The fourth-order valence-electron chi connectivity index (χ4n) is 7.64. The molecule has 6 aromatic rings. The first-order valence-corrected chi connectivity index (χ1v) is 32.0. The first kappa shape index (κ1) is 59.9. The van der Waals surface area contributed by atoms with E-state index < -0.39 is 52.0 Å². The van der Waals surface area contributed by atoms with Gasteiger partial charge in [0.05, 0.1) is 38.1 Å². The van der Waals surface area contributed by atoms with E-state index in [4.69, 9.17) is 51.2 Å². The number of piperidine rings is 2. The van der Waals surface area contributed by atoms with Gasteiger partial charge in [0.2, 0.25) is 20.0 Å². The number of carbonyl (C=O) groups excluding carboxylic acids is 1. The van der Waals surface area contributed by atoms with Gasteiger partial charge in [-0.1, -0.05) is 82.8 Å². The summed E-state index contributed by atoms with van der Waals surface area (Å²) < 4.78 is 111. The van der Waals surface area contributed by atoms with Crippen LogP contribution in [0, 0.1) is 0 Å². The van der Waals surface area contributed by atoms with Crippen LogP contribution in [-0.2, 0) is 44.9 Å². The third kappa shape index (κ3) is 14.9. The minimum Gasteiger partial charge on any atom is -0.478 e. The van der Waals surface area contributed by atoms with Crippen LogP contribution >= 0.6 is 69.9 Å². The van der Waals surface area contributed by atoms with Crippen LogP contribution in [-0.4, -0.2) is 115 Å². The van der Waals surface area contributed by atoms with Crippen LogP contribution < -0.4 is 9.44 Å². The molecular weight excluding hydrogens is 1200 g/mol. The van der Waals surface area contributed by atoms with E-state index in [2.05, 4.69) is 19.4 Å². The summed E-state index contributed by atoms with van der Waals surface area (Å²) in [6, 6.07) is 22.7. The van der Waals surface area contributed by atoms with Gasteiger partial charge in [-0.05, 0) is 123 Å². The Labute approximate surface area is 474 Å². The molecule has 2 saturated heterocycles. The summed E-state index contributed by atoms with van der Waals surface area (Å²) in [6.45, 7) is 1.99. The zero-order valence-corrected chi connectivity index (χ0v) is 48.5. The molecule has 29 heteroatoms. The fraction of sp³-hybridized carbons (Fsp3) is 0.250. The van der Waals surface area contributed by atoms with E-state index >= 15 is 0 Å². The van der Waals surface area contributed by atoms with Gasteiger partial charge in [0.25, 0.3) is 26.0 Å². The van der Waals surface area contributed by atoms with E-state index in [0.717, 1.165) is 61.4 Å². The second-order valence-corrected chi connectivity index (χ2v) is 28.0. The van der Waals surface area contributed by atoms with Crippen LogP contribution in [0.4, 0.5) is 11.6 Å². The first-order chi connectivity index (χ1) is 36.4. The number of carboxylic acid groups (broad SMARTS) is 1. The van der Waals surface area contributed by atoms with E-state index in [1.165, 1.54) is 114 Å². The van der Waals surface area contributed by atoms with Gasteiger partial charge in [-0.15, -0.1) is 0 Å².